The maximum absolute atomic E-state index is 11.2. The second kappa shape index (κ2) is 6.43. The van der Waals surface area contributed by atoms with Crippen LogP contribution in [0, 0.1) is 34.5 Å². The van der Waals surface area contributed by atoms with Crippen LogP contribution in [0.25, 0.3) is 0 Å². The first kappa shape index (κ1) is 18.4. The summed E-state index contributed by atoms with van der Waals surface area (Å²) in [6, 6.07) is 0. The maximum atomic E-state index is 11.2. The summed E-state index contributed by atoms with van der Waals surface area (Å²) in [4.78, 5) is 0. The molecule has 0 aromatic carbocycles. The highest BCUT2D eigenvalue weighted by molar-refractivity contribution is 5.33. The van der Waals surface area contributed by atoms with Crippen LogP contribution >= 0.6 is 0 Å². The van der Waals surface area contributed by atoms with Gasteiger partial charge in [-0.05, 0) is 92.4 Å². The summed E-state index contributed by atoms with van der Waals surface area (Å²) >= 11 is 0. The standard InChI is InChI=1S/C24H37NO2/c1-23-9-7-17(26)12-16(23)13-21(27)22-19-6-5-18(15-4-3-11-25-14-15)24(19,2)10-8-20(22)23/h5,13,15,17,19-22,25-27H,3-4,6-12,14H2,1-2H3/t15?,17?,19-,20-,21?,22-,23-,24+/m0/s1. The van der Waals surface area contributed by atoms with Crippen molar-refractivity contribution in [3.63, 3.8) is 0 Å². The van der Waals surface area contributed by atoms with E-state index in [-0.39, 0.29) is 23.0 Å². The molecule has 0 radical (unpaired) electrons. The topological polar surface area (TPSA) is 52.5 Å². The van der Waals surface area contributed by atoms with Gasteiger partial charge in [-0.15, -0.1) is 0 Å². The quantitative estimate of drug-likeness (QED) is 0.614. The molecule has 5 rings (SSSR count). The van der Waals surface area contributed by atoms with Crippen LogP contribution in [-0.4, -0.2) is 35.5 Å². The summed E-state index contributed by atoms with van der Waals surface area (Å²) in [6.07, 6.45) is 13.3. The summed E-state index contributed by atoms with van der Waals surface area (Å²) in [5, 5.41) is 25.0. The van der Waals surface area contributed by atoms with E-state index < -0.39 is 0 Å². The fourth-order valence-electron chi connectivity index (χ4n) is 7.99. The number of nitrogens with one attached hydrogen (secondary N) is 1. The van der Waals surface area contributed by atoms with E-state index >= 15 is 0 Å². The van der Waals surface area contributed by atoms with E-state index in [0.717, 1.165) is 32.2 Å². The first-order valence-electron chi connectivity index (χ1n) is 11.4. The van der Waals surface area contributed by atoms with E-state index in [4.69, 9.17) is 0 Å². The third-order valence-corrected chi connectivity index (χ3v) is 9.48. The van der Waals surface area contributed by atoms with Crippen LogP contribution in [0.1, 0.15) is 65.2 Å². The molecule has 3 nitrogen and oxygen atoms in total. The zero-order valence-electron chi connectivity index (χ0n) is 17.1. The fraction of sp³-hybridized carbons (Fsp3) is 0.833. The van der Waals surface area contributed by atoms with Crippen LogP contribution in [0.2, 0.25) is 0 Å². The van der Waals surface area contributed by atoms with E-state index in [0.29, 0.717) is 23.7 Å². The number of aliphatic hydroxyl groups is 2. The third-order valence-electron chi connectivity index (χ3n) is 9.48. The molecule has 3 fully saturated rings. The average molecular weight is 372 g/mol. The molecule has 1 aliphatic heterocycles. The van der Waals surface area contributed by atoms with Crippen LogP contribution in [-0.2, 0) is 0 Å². The van der Waals surface area contributed by atoms with Gasteiger partial charge in [-0.1, -0.05) is 37.1 Å². The minimum absolute atomic E-state index is 0.194. The van der Waals surface area contributed by atoms with Gasteiger partial charge in [-0.25, -0.2) is 0 Å². The lowest BCUT2D eigenvalue weighted by Crippen LogP contribution is -2.54. The molecule has 3 heteroatoms. The molecule has 0 aromatic heterocycles. The Kier molecular flexibility index (Phi) is 4.38. The van der Waals surface area contributed by atoms with Gasteiger partial charge < -0.3 is 15.5 Å². The predicted octanol–water partition coefficient (Wildman–Crippen LogP) is 3.82. The highest BCUT2D eigenvalue weighted by Gasteiger charge is 2.59. The zero-order valence-corrected chi connectivity index (χ0v) is 17.1. The Morgan fingerprint density at radius 2 is 1.85 bits per heavy atom. The minimum atomic E-state index is -0.328. The molecule has 0 bridgehead atoms. The second-order valence-electron chi connectivity index (χ2n) is 10.7. The number of allylic oxidation sites excluding steroid dienone is 1. The van der Waals surface area contributed by atoms with Gasteiger partial charge in [0, 0.05) is 6.54 Å². The van der Waals surface area contributed by atoms with E-state index in [9.17, 15) is 10.2 Å². The highest BCUT2D eigenvalue weighted by atomic mass is 16.3. The Balaban J connectivity index is 1.46. The molecule has 4 aliphatic carbocycles. The summed E-state index contributed by atoms with van der Waals surface area (Å²) in [5.41, 5.74) is 3.53. The molecule has 0 amide bonds. The number of piperidine rings is 1. The molecule has 1 saturated heterocycles. The van der Waals surface area contributed by atoms with E-state index in [1.807, 2.05) is 0 Å². The van der Waals surface area contributed by atoms with Gasteiger partial charge >= 0.3 is 0 Å². The molecular formula is C24H37NO2. The van der Waals surface area contributed by atoms with Crippen LogP contribution in [0.4, 0.5) is 0 Å². The molecule has 27 heavy (non-hydrogen) atoms. The van der Waals surface area contributed by atoms with Crippen LogP contribution < -0.4 is 5.32 Å². The molecular weight excluding hydrogens is 334 g/mol. The lowest BCUT2D eigenvalue weighted by Gasteiger charge is -2.59. The normalized spacial score (nSPS) is 52.3. The van der Waals surface area contributed by atoms with Crippen molar-refractivity contribution < 1.29 is 10.2 Å². The molecule has 5 aliphatic rings. The maximum Gasteiger partial charge on any atom is 0.0757 e. The largest absolute Gasteiger partial charge is 0.393 e. The molecule has 1 heterocycles. The summed E-state index contributed by atoms with van der Waals surface area (Å²) in [7, 11) is 0. The van der Waals surface area contributed by atoms with Crippen molar-refractivity contribution in [3.05, 3.63) is 23.3 Å². The first-order chi connectivity index (χ1) is 12.9. The van der Waals surface area contributed by atoms with Crippen molar-refractivity contribution in [2.45, 2.75) is 77.4 Å². The summed E-state index contributed by atoms with van der Waals surface area (Å²) in [6.45, 7) is 7.26. The third kappa shape index (κ3) is 2.64. The van der Waals surface area contributed by atoms with Gasteiger partial charge in [0.1, 0.15) is 0 Å². The predicted molar refractivity (Wildman–Crippen MR) is 108 cm³/mol. The van der Waals surface area contributed by atoms with Crippen molar-refractivity contribution in [3.8, 4) is 0 Å². The SMILES string of the molecule is C[C@]12CCC(O)CC1=CC(O)[C@@H]1[C@@H]2CC[C@]2(C)C(C3CCCNC3)=CC[C@@H]12. The van der Waals surface area contributed by atoms with Crippen LogP contribution in [0.3, 0.4) is 0 Å². The lowest BCUT2D eigenvalue weighted by atomic mass is 9.46. The molecule has 2 saturated carbocycles. The Hall–Kier alpha value is -0.640. The molecule has 0 aromatic rings. The van der Waals surface area contributed by atoms with Crippen molar-refractivity contribution in [2.24, 2.45) is 34.5 Å². The van der Waals surface area contributed by atoms with Gasteiger partial charge in [0.25, 0.3) is 0 Å². The molecule has 150 valence electrons. The van der Waals surface area contributed by atoms with Gasteiger partial charge in [0.2, 0.25) is 0 Å². The molecule has 8 atom stereocenters. The number of hydrogen-bond donors (Lipinski definition) is 3. The van der Waals surface area contributed by atoms with Crippen molar-refractivity contribution >= 4 is 0 Å². The fourth-order valence-corrected chi connectivity index (χ4v) is 7.99. The minimum Gasteiger partial charge on any atom is -0.393 e. The molecule has 3 unspecified atom stereocenters. The van der Waals surface area contributed by atoms with E-state index in [1.54, 1.807) is 5.57 Å². The van der Waals surface area contributed by atoms with Gasteiger partial charge in [-0.3, -0.25) is 0 Å². The Morgan fingerprint density at radius 3 is 2.63 bits per heavy atom. The number of rotatable bonds is 1. The van der Waals surface area contributed by atoms with E-state index in [2.05, 4.69) is 31.3 Å². The number of hydrogen-bond acceptors (Lipinski definition) is 3. The number of aliphatic hydroxyl groups excluding tert-OH is 2. The second-order valence-corrected chi connectivity index (χ2v) is 10.7. The first-order valence-corrected chi connectivity index (χ1v) is 11.4. The van der Waals surface area contributed by atoms with Gasteiger partial charge in [0.05, 0.1) is 12.2 Å². The molecule has 3 N–H and O–H groups in total. The number of fused-ring (bicyclic) bond motifs is 5. The lowest BCUT2D eigenvalue weighted by molar-refractivity contribution is -0.0792. The highest BCUT2D eigenvalue weighted by Crippen LogP contribution is 2.65. The smallest absolute Gasteiger partial charge is 0.0757 e. The summed E-state index contributed by atoms with van der Waals surface area (Å²) < 4.78 is 0. The van der Waals surface area contributed by atoms with Crippen molar-refractivity contribution in [1.82, 2.24) is 5.32 Å². The molecule has 0 spiro atoms. The van der Waals surface area contributed by atoms with Crippen LogP contribution in [0.5, 0.6) is 0 Å². The van der Waals surface area contributed by atoms with Crippen molar-refractivity contribution in [1.29, 1.82) is 0 Å². The summed E-state index contributed by atoms with van der Waals surface area (Å²) in [5.74, 6) is 2.26. The van der Waals surface area contributed by atoms with Crippen LogP contribution in [0.15, 0.2) is 23.3 Å². The monoisotopic (exact) mass is 371 g/mol. The van der Waals surface area contributed by atoms with E-state index in [1.165, 1.54) is 37.8 Å². The zero-order chi connectivity index (χ0) is 18.8. The Morgan fingerprint density at radius 1 is 1.04 bits per heavy atom. The van der Waals surface area contributed by atoms with Gasteiger partial charge in [-0.2, -0.15) is 0 Å². The average Bonchev–Trinajstić information content (AvgIpc) is 3.01. The van der Waals surface area contributed by atoms with Gasteiger partial charge in [0.15, 0.2) is 0 Å². The Labute approximate surface area is 164 Å². The van der Waals surface area contributed by atoms with Crippen molar-refractivity contribution in [2.75, 3.05) is 13.1 Å². The Bertz CT molecular complexity index is 663.